The van der Waals surface area contributed by atoms with Gasteiger partial charge >= 0.3 is 0 Å². The Labute approximate surface area is 113 Å². The van der Waals surface area contributed by atoms with Gasteiger partial charge in [0.1, 0.15) is 11.6 Å². The van der Waals surface area contributed by atoms with E-state index in [4.69, 9.17) is 10.5 Å². The molecule has 1 heterocycles. The lowest BCUT2D eigenvalue weighted by atomic mass is 10.0. The lowest BCUT2D eigenvalue weighted by molar-refractivity contribution is 0.416. The van der Waals surface area contributed by atoms with Crippen LogP contribution in [0.15, 0.2) is 18.2 Å². The third-order valence-corrected chi connectivity index (χ3v) is 3.17. The summed E-state index contributed by atoms with van der Waals surface area (Å²) in [4.78, 5) is 8.78. The van der Waals surface area contributed by atoms with Crippen LogP contribution in [0.1, 0.15) is 22.6 Å². The highest BCUT2D eigenvalue weighted by Crippen LogP contribution is 2.31. The first kappa shape index (κ1) is 13.5. The van der Waals surface area contributed by atoms with Crippen LogP contribution >= 0.6 is 0 Å². The lowest BCUT2D eigenvalue weighted by Gasteiger charge is -2.12. The van der Waals surface area contributed by atoms with Crippen molar-refractivity contribution in [2.24, 2.45) is 5.73 Å². The van der Waals surface area contributed by atoms with Crippen LogP contribution < -0.4 is 10.5 Å². The number of aryl methyl sites for hydroxylation is 3. The average Bonchev–Trinajstić information content (AvgIpc) is 2.40. The van der Waals surface area contributed by atoms with Crippen molar-refractivity contribution in [3.05, 3.63) is 40.8 Å². The smallest absolute Gasteiger partial charge is 0.142 e. The van der Waals surface area contributed by atoms with Crippen LogP contribution in [-0.4, -0.2) is 17.1 Å². The molecule has 0 aliphatic carbocycles. The number of rotatable bonds is 3. The van der Waals surface area contributed by atoms with Crippen molar-refractivity contribution in [2.45, 2.75) is 27.3 Å². The summed E-state index contributed by atoms with van der Waals surface area (Å²) in [6.45, 7) is 6.42. The second kappa shape index (κ2) is 5.36. The van der Waals surface area contributed by atoms with Crippen molar-refractivity contribution < 1.29 is 4.74 Å². The van der Waals surface area contributed by atoms with Gasteiger partial charge in [0.25, 0.3) is 0 Å². The molecule has 2 aromatic rings. The molecule has 2 N–H and O–H groups in total. The van der Waals surface area contributed by atoms with E-state index >= 15 is 0 Å². The highest BCUT2D eigenvalue weighted by Gasteiger charge is 2.11. The zero-order valence-electron chi connectivity index (χ0n) is 11.8. The van der Waals surface area contributed by atoms with Crippen molar-refractivity contribution in [3.63, 3.8) is 0 Å². The van der Waals surface area contributed by atoms with E-state index in [9.17, 15) is 0 Å². The molecule has 100 valence electrons. The Kier molecular flexibility index (Phi) is 3.81. The van der Waals surface area contributed by atoms with Crippen molar-refractivity contribution in [1.29, 1.82) is 0 Å². The van der Waals surface area contributed by atoms with Gasteiger partial charge in [-0.3, -0.25) is 0 Å². The zero-order chi connectivity index (χ0) is 14.0. The Morgan fingerprint density at radius 2 is 1.74 bits per heavy atom. The van der Waals surface area contributed by atoms with Crippen LogP contribution in [0.5, 0.6) is 5.75 Å². The topological polar surface area (TPSA) is 61.0 Å². The second-order valence-electron chi connectivity index (χ2n) is 4.65. The summed E-state index contributed by atoms with van der Waals surface area (Å²) >= 11 is 0. The molecule has 0 saturated carbocycles. The third-order valence-electron chi connectivity index (χ3n) is 3.17. The number of ether oxygens (including phenoxy) is 1. The molecule has 0 atom stereocenters. The first-order chi connectivity index (χ1) is 9.05. The molecular formula is C15H19N3O. The van der Waals surface area contributed by atoms with Gasteiger partial charge < -0.3 is 10.5 Å². The Bertz CT molecular complexity index is 609. The third kappa shape index (κ3) is 2.74. The fraction of sp³-hybridized carbons (Fsp3) is 0.333. The van der Waals surface area contributed by atoms with Crippen molar-refractivity contribution in [3.8, 4) is 17.0 Å². The first-order valence-corrected chi connectivity index (χ1v) is 6.25. The normalized spacial score (nSPS) is 10.6. The predicted octanol–water partition coefficient (Wildman–Crippen LogP) is 2.54. The lowest BCUT2D eigenvalue weighted by Crippen LogP contribution is -2.05. The summed E-state index contributed by atoms with van der Waals surface area (Å²) in [6, 6.07) is 6.08. The van der Waals surface area contributed by atoms with Gasteiger partial charge in [-0.25, -0.2) is 9.97 Å². The maximum atomic E-state index is 5.63. The van der Waals surface area contributed by atoms with Crippen molar-refractivity contribution >= 4 is 0 Å². The summed E-state index contributed by atoms with van der Waals surface area (Å²) in [7, 11) is 1.67. The molecule has 1 aromatic carbocycles. The molecule has 1 aromatic heterocycles. The molecule has 0 fully saturated rings. The minimum Gasteiger partial charge on any atom is -0.496 e. The van der Waals surface area contributed by atoms with E-state index in [0.717, 1.165) is 22.7 Å². The molecule has 0 spiro atoms. The van der Waals surface area contributed by atoms with Gasteiger partial charge in [0.15, 0.2) is 0 Å². The van der Waals surface area contributed by atoms with Gasteiger partial charge in [0.05, 0.1) is 19.3 Å². The van der Waals surface area contributed by atoms with Crippen LogP contribution in [0.2, 0.25) is 0 Å². The van der Waals surface area contributed by atoms with Crippen LogP contribution in [0, 0.1) is 20.8 Å². The molecule has 0 unspecified atom stereocenters. The maximum Gasteiger partial charge on any atom is 0.142 e. The van der Waals surface area contributed by atoms with Gasteiger partial charge in [-0.1, -0.05) is 0 Å². The fourth-order valence-electron chi connectivity index (χ4n) is 2.02. The van der Waals surface area contributed by atoms with Gasteiger partial charge in [0, 0.05) is 11.3 Å². The summed E-state index contributed by atoms with van der Waals surface area (Å²) in [5, 5.41) is 0. The molecule has 2 rings (SSSR count). The van der Waals surface area contributed by atoms with Crippen molar-refractivity contribution in [1.82, 2.24) is 9.97 Å². The average molecular weight is 257 g/mol. The molecule has 0 aliphatic rings. The molecule has 0 aliphatic heterocycles. The molecule has 0 bridgehead atoms. The molecule has 0 saturated heterocycles. The number of hydrogen-bond acceptors (Lipinski definition) is 4. The molecule has 4 nitrogen and oxygen atoms in total. The Balaban J connectivity index is 2.63. The number of benzene rings is 1. The molecule has 19 heavy (non-hydrogen) atoms. The fourth-order valence-corrected chi connectivity index (χ4v) is 2.02. The molecular weight excluding hydrogens is 238 g/mol. The van der Waals surface area contributed by atoms with E-state index in [1.54, 1.807) is 7.11 Å². The molecule has 0 radical (unpaired) electrons. The van der Waals surface area contributed by atoms with E-state index in [1.807, 2.05) is 19.1 Å². The van der Waals surface area contributed by atoms with Gasteiger partial charge in [-0.05, 0) is 50.1 Å². The Morgan fingerprint density at radius 1 is 1.05 bits per heavy atom. The minimum absolute atomic E-state index is 0.335. The van der Waals surface area contributed by atoms with Crippen LogP contribution in [0.25, 0.3) is 11.3 Å². The molecule has 4 heteroatoms. The van der Waals surface area contributed by atoms with E-state index in [0.29, 0.717) is 12.4 Å². The zero-order valence-corrected chi connectivity index (χ0v) is 11.8. The van der Waals surface area contributed by atoms with Gasteiger partial charge in [-0.2, -0.15) is 0 Å². The molecule has 0 amide bonds. The quantitative estimate of drug-likeness (QED) is 0.918. The van der Waals surface area contributed by atoms with Gasteiger partial charge in [0.2, 0.25) is 0 Å². The largest absolute Gasteiger partial charge is 0.496 e. The predicted molar refractivity (Wildman–Crippen MR) is 76.1 cm³/mol. The Hall–Kier alpha value is -1.94. The summed E-state index contributed by atoms with van der Waals surface area (Å²) in [6.07, 6.45) is 0. The van der Waals surface area contributed by atoms with Crippen molar-refractivity contribution in [2.75, 3.05) is 7.11 Å². The van der Waals surface area contributed by atoms with E-state index in [-0.39, 0.29) is 0 Å². The number of nitrogens with two attached hydrogens (primary N) is 1. The number of hydrogen-bond donors (Lipinski definition) is 1. The Morgan fingerprint density at radius 3 is 2.37 bits per heavy atom. The van der Waals surface area contributed by atoms with E-state index in [2.05, 4.69) is 29.9 Å². The van der Waals surface area contributed by atoms with E-state index in [1.165, 1.54) is 11.1 Å². The SMILES string of the molecule is COc1cc(C)c(C)cc1-c1cc(C)nc(CN)n1. The maximum absolute atomic E-state index is 5.63. The monoisotopic (exact) mass is 257 g/mol. The number of aromatic nitrogens is 2. The van der Waals surface area contributed by atoms with Crippen LogP contribution in [-0.2, 0) is 6.54 Å². The summed E-state index contributed by atoms with van der Waals surface area (Å²) < 4.78 is 5.46. The highest BCUT2D eigenvalue weighted by molar-refractivity contribution is 5.69. The van der Waals surface area contributed by atoms with Crippen LogP contribution in [0.4, 0.5) is 0 Å². The van der Waals surface area contributed by atoms with Crippen LogP contribution in [0.3, 0.4) is 0 Å². The first-order valence-electron chi connectivity index (χ1n) is 6.25. The summed E-state index contributed by atoms with van der Waals surface area (Å²) in [5.74, 6) is 1.47. The second-order valence-corrected chi connectivity index (χ2v) is 4.65. The minimum atomic E-state index is 0.335. The van der Waals surface area contributed by atoms with Gasteiger partial charge in [-0.15, -0.1) is 0 Å². The standard InChI is InChI=1S/C15H19N3O/c1-9-5-12(14(19-4)6-10(9)2)13-7-11(3)17-15(8-16)18-13/h5-7H,8,16H2,1-4H3. The summed E-state index contributed by atoms with van der Waals surface area (Å²) in [5.41, 5.74) is 10.8. The van der Waals surface area contributed by atoms with E-state index < -0.39 is 0 Å². The number of methoxy groups -OCH3 is 1. The highest BCUT2D eigenvalue weighted by atomic mass is 16.5. The number of nitrogens with zero attached hydrogens (tertiary/aromatic N) is 2.